The molecule has 0 aliphatic rings. The van der Waals surface area contributed by atoms with Gasteiger partial charge in [0.1, 0.15) is 0 Å². The maximum absolute atomic E-state index is 12.3. The van der Waals surface area contributed by atoms with Crippen LogP contribution in [0.5, 0.6) is 0 Å². The molecular weight excluding hydrogens is 276 g/mol. The fraction of sp³-hybridized carbons (Fsp3) is 0.571. The molecule has 1 rings (SSSR count). The molecule has 0 bridgehead atoms. The molecule has 6 heteroatoms. The topological polar surface area (TPSA) is 72.6 Å². The smallest absolute Gasteiger partial charge is 0.242 e. The van der Waals surface area contributed by atoms with Crippen molar-refractivity contribution in [3.05, 3.63) is 29.8 Å². The van der Waals surface area contributed by atoms with Crippen LogP contribution in [0.4, 0.5) is 0 Å². The van der Waals surface area contributed by atoms with Crippen LogP contribution in [0.3, 0.4) is 0 Å². The average molecular weight is 300 g/mol. The molecule has 1 atom stereocenters. The Morgan fingerprint density at radius 3 is 2.20 bits per heavy atom. The summed E-state index contributed by atoms with van der Waals surface area (Å²) in [5.74, 6) is 0. The largest absolute Gasteiger partial charge is 0.377 e. The molecule has 0 aromatic heterocycles. The van der Waals surface area contributed by atoms with Crippen molar-refractivity contribution in [1.82, 2.24) is 4.31 Å². The molecule has 20 heavy (non-hydrogen) atoms. The van der Waals surface area contributed by atoms with E-state index >= 15 is 0 Å². The fourth-order valence-electron chi connectivity index (χ4n) is 1.66. The van der Waals surface area contributed by atoms with Gasteiger partial charge in [0.15, 0.2) is 0 Å². The monoisotopic (exact) mass is 300 g/mol. The number of nitrogens with two attached hydrogens (primary N) is 1. The van der Waals surface area contributed by atoms with Gasteiger partial charge in [-0.3, -0.25) is 0 Å². The molecule has 0 spiro atoms. The van der Waals surface area contributed by atoms with Gasteiger partial charge in [-0.2, -0.15) is 4.31 Å². The Balaban J connectivity index is 2.76. The second kappa shape index (κ2) is 7.17. The highest BCUT2D eigenvalue weighted by Crippen LogP contribution is 2.17. The van der Waals surface area contributed by atoms with E-state index in [0.717, 1.165) is 5.56 Å². The third kappa shape index (κ3) is 4.56. The molecule has 1 aromatic rings. The number of likely N-dealkylation sites (N-methyl/N-ethyl adjacent to an activating group) is 1. The first-order valence-corrected chi connectivity index (χ1v) is 8.12. The minimum Gasteiger partial charge on any atom is -0.377 e. The molecule has 0 saturated carbocycles. The van der Waals surface area contributed by atoms with Gasteiger partial charge in [0.05, 0.1) is 17.6 Å². The third-order valence-corrected chi connectivity index (χ3v) is 4.84. The highest BCUT2D eigenvalue weighted by atomic mass is 32.2. The van der Waals surface area contributed by atoms with E-state index in [9.17, 15) is 8.42 Å². The van der Waals surface area contributed by atoms with Crippen molar-refractivity contribution in [1.29, 1.82) is 0 Å². The maximum Gasteiger partial charge on any atom is 0.242 e. The quantitative estimate of drug-likeness (QED) is 0.832. The molecule has 2 N–H and O–H groups in total. The zero-order chi connectivity index (χ0) is 15.3. The van der Waals surface area contributed by atoms with Gasteiger partial charge in [-0.05, 0) is 38.5 Å². The first-order chi connectivity index (χ1) is 9.25. The first-order valence-electron chi connectivity index (χ1n) is 6.68. The van der Waals surface area contributed by atoms with Crippen molar-refractivity contribution in [2.75, 3.05) is 20.2 Å². The number of ether oxygens (including phenoxy) is 1. The lowest BCUT2D eigenvalue weighted by atomic mass is 10.1. The SMILES string of the molecule is CC(C)OCCN(C)S(=O)(=O)c1ccc(C(C)N)cc1. The molecule has 0 aliphatic carbocycles. The molecule has 0 radical (unpaired) electrons. The standard InChI is InChI=1S/C14H24N2O3S/c1-11(2)19-10-9-16(4)20(17,18)14-7-5-13(6-8-14)12(3)15/h5-8,11-12H,9-10,15H2,1-4H3. The molecule has 1 aromatic carbocycles. The number of nitrogens with zero attached hydrogens (tertiary/aromatic N) is 1. The Bertz CT molecular complexity index is 510. The molecule has 0 amide bonds. The molecule has 1 unspecified atom stereocenters. The van der Waals surface area contributed by atoms with Crippen LogP contribution in [0, 0.1) is 0 Å². The predicted octanol–water partition coefficient (Wildman–Crippen LogP) is 1.75. The van der Waals surface area contributed by atoms with E-state index in [1.807, 2.05) is 20.8 Å². The van der Waals surface area contributed by atoms with Crippen molar-refractivity contribution in [3.8, 4) is 0 Å². The minimum atomic E-state index is -3.47. The number of sulfonamides is 1. The van der Waals surface area contributed by atoms with Gasteiger partial charge in [0, 0.05) is 19.6 Å². The summed E-state index contributed by atoms with van der Waals surface area (Å²) >= 11 is 0. The zero-order valence-electron chi connectivity index (χ0n) is 12.5. The van der Waals surface area contributed by atoms with Gasteiger partial charge >= 0.3 is 0 Å². The van der Waals surface area contributed by atoms with Gasteiger partial charge in [-0.25, -0.2) is 8.42 Å². The van der Waals surface area contributed by atoms with Crippen LogP contribution in [0.25, 0.3) is 0 Å². The van der Waals surface area contributed by atoms with Crippen molar-refractivity contribution in [3.63, 3.8) is 0 Å². The zero-order valence-corrected chi connectivity index (χ0v) is 13.4. The second-order valence-electron chi connectivity index (χ2n) is 5.10. The van der Waals surface area contributed by atoms with Crippen LogP contribution in [-0.2, 0) is 14.8 Å². The highest BCUT2D eigenvalue weighted by molar-refractivity contribution is 7.89. The summed E-state index contributed by atoms with van der Waals surface area (Å²) in [4.78, 5) is 0.272. The summed E-state index contributed by atoms with van der Waals surface area (Å²) < 4.78 is 31.3. The van der Waals surface area contributed by atoms with Crippen LogP contribution in [0.2, 0.25) is 0 Å². The van der Waals surface area contributed by atoms with E-state index in [-0.39, 0.29) is 17.0 Å². The Morgan fingerprint density at radius 2 is 1.75 bits per heavy atom. The Hall–Kier alpha value is -0.950. The Kier molecular flexibility index (Phi) is 6.13. The van der Waals surface area contributed by atoms with Crippen molar-refractivity contribution in [2.24, 2.45) is 5.73 Å². The van der Waals surface area contributed by atoms with E-state index in [0.29, 0.717) is 13.2 Å². The summed E-state index contributed by atoms with van der Waals surface area (Å²) in [6.45, 7) is 6.40. The first kappa shape index (κ1) is 17.1. The van der Waals surface area contributed by atoms with Gasteiger partial charge in [-0.15, -0.1) is 0 Å². The van der Waals surface area contributed by atoms with Crippen LogP contribution < -0.4 is 5.73 Å². The molecule has 114 valence electrons. The van der Waals surface area contributed by atoms with Crippen molar-refractivity contribution in [2.45, 2.75) is 37.8 Å². The lowest BCUT2D eigenvalue weighted by Crippen LogP contribution is -2.30. The summed E-state index contributed by atoms with van der Waals surface area (Å²) in [5.41, 5.74) is 6.66. The minimum absolute atomic E-state index is 0.0939. The van der Waals surface area contributed by atoms with Crippen LogP contribution >= 0.6 is 0 Å². The molecule has 0 aliphatic heterocycles. The van der Waals surface area contributed by atoms with Crippen LogP contribution in [0.1, 0.15) is 32.4 Å². The van der Waals surface area contributed by atoms with E-state index in [1.165, 1.54) is 4.31 Å². The number of hydrogen-bond donors (Lipinski definition) is 1. The summed E-state index contributed by atoms with van der Waals surface area (Å²) in [5, 5.41) is 0. The summed E-state index contributed by atoms with van der Waals surface area (Å²) in [7, 11) is -1.91. The van der Waals surface area contributed by atoms with Crippen LogP contribution in [-0.4, -0.2) is 39.0 Å². The second-order valence-corrected chi connectivity index (χ2v) is 7.15. The lowest BCUT2D eigenvalue weighted by Gasteiger charge is -2.18. The summed E-state index contributed by atoms with van der Waals surface area (Å²) in [6.07, 6.45) is 0.0939. The van der Waals surface area contributed by atoms with Crippen LogP contribution in [0.15, 0.2) is 29.2 Å². The third-order valence-electron chi connectivity index (χ3n) is 2.97. The molecular formula is C14H24N2O3S. The Morgan fingerprint density at radius 1 is 1.20 bits per heavy atom. The van der Waals surface area contributed by atoms with E-state index < -0.39 is 10.0 Å². The molecule has 5 nitrogen and oxygen atoms in total. The number of benzene rings is 1. The van der Waals surface area contributed by atoms with E-state index in [1.54, 1.807) is 31.3 Å². The highest BCUT2D eigenvalue weighted by Gasteiger charge is 2.20. The predicted molar refractivity (Wildman–Crippen MR) is 79.9 cm³/mol. The van der Waals surface area contributed by atoms with Gasteiger partial charge in [0.25, 0.3) is 0 Å². The maximum atomic E-state index is 12.3. The Labute approximate surface area is 121 Å². The molecule has 0 heterocycles. The van der Waals surface area contributed by atoms with Crippen molar-refractivity contribution < 1.29 is 13.2 Å². The van der Waals surface area contributed by atoms with Crippen molar-refractivity contribution >= 4 is 10.0 Å². The number of hydrogen-bond acceptors (Lipinski definition) is 4. The fourth-order valence-corrected chi connectivity index (χ4v) is 2.82. The van der Waals surface area contributed by atoms with E-state index in [2.05, 4.69) is 0 Å². The molecule has 0 saturated heterocycles. The summed E-state index contributed by atoms with van der Waals surface area (Å²) in [6, 6.07) is 6.57. The average Bonchev–Trinajstić information content (AvgIpc) is 2.38. The lowest BCUT2D eigenvalue weighted by molar-refractivity contribution is 0.0737. The molecule has 0 fully saturated rings. The van der Waals surface area contributed by atoms with Gasteiger partial charge in [-0.1, -0.05) is 12.1 Å². The normalized spacial score (nSPS) is 13.9. The number of rotatable bonds is 7. The van der Waals surface area contributed by atoms with Gasteiger partial charge in [0.2, 0.25) is 10.0 Å². The van der Waals surface area contributed by atoms with E-state index in [4.69, 9.17) is 10.5 Å². The van der Waals surface area contributed by atoms with Gasteiger partial charge < -0.3 is 10.5 Å².